The number of hydrogen-bond acceptors (Lipinski definition) is 4. The summed E-state index contributed by atoms with van der Waals surface area (Å²) in [5.74, 6) is 0. The molecular formula is C13H22N2OS. The van der Waals surface area contributed by atoms with Gasteiger partial charge in [0, 0.05) is 23.5 Å². The number of hydrogen-bond donors (Lipinski definition) is 0. The van der Waals surface area contributed by atoms with Crippen molar-refractivity contribution in [3.63, 3.8) is 0 Å². The lowest BCUT2D eigenvalue weighted by Gasteiger charge is -2.29. The third kappa shape index (κ3) is 5.33. The lowest BCUT2D eigenvalue weighted by atomic mass is 10.2. The van der Waals surface area contributed by atoms with Gasteiger partial charge in [-0.25, -0.2) is 0 Å². The molecule has 1 aromatic rings. The van der Waals surface area contributed by atoms with Crippen molar-refractivity contribution in [2.24, 2.45) is 5.16 Å². The van der Waals surface area contributed by atoms with Gasteiger partial charge in [-0.15, -0.1) is 11.3 Å². The molecule has 1 heterocycles. The minimum Gasteiger partial charge on any atom is -0.394 e. The molecule has 1 aromatic heterocycles. The maximum Gasteiger partial charge on any atom is 0.129 e. The molecule has 0 aliphatic carbocycles. The van der Waals surface area contributed by atoms with Crippen LogP contribution in [-0.2, 0) is 4.84 Å². The van der Waals surface area contributed by atoms with Crippen molar-refractivity contribution in [3.05, 3.63) is 22.4 Å². The van der Waals surface area contributed by atoms with E-state index >= 15 is 0 Å². The van der Waals surface area contributed by atoms with E-state index in [4.69, 9.17) is 4.84 Å². The van der Waals surface area contributed by atoms with Crippen LogP contribution in [0.15, 0.2) is 22.7 Å². The highest BCUT2D eigenvalue weighted by Crippen LogP contribution is 2.05. The molecule has 0 amide bonds. The molecule has 0 radical (unpaired) electrons. The van der Waals surface area contributed by atoms with Crippen LogP contribution in [0.2, 0.25) is 0 Å². The first-order valence-corrected chi connectivity index (χ1v) is 6.93. The summed E-state index contributed by atoms with van der Waals surface area (Å²) in [6.07, 6.45) is 1.76. The van der Waals surface area contributed by atoms with Gasteiger partial charge < -0.3 is 4.84 Å². The Hall–Kier alpha value is -0.870. The van der Waals surface area contributed by atoms with E-state index in [-0.39, 0.29) is 0 Å². The molecule has 0 fully saturated rings. The van der Waals surface area contributed by atoms with Crippen LogP contribution in [-0.4, -0.2) is 36.3 Å². The summed E-state index contributed by atoms with van der Waals surface area (Å²) in [5.41, 5.74) is 0. The smallest absolute Gasteiger partial charge is 0.129 e. The van der Waals surface area contributed by atoms with E-state index < -0.39 is 0 Å². The summed E-state index contributed by atoms with van der Waals surface area (Å²) in [5, 5.41) is 5.99. The molecule has 0 atom stereocenters. The SMILES string of the molecule is CC(C)N(CCO/N=C/c1cccs1)C(C)C. The van der Waals surface area contributed by atoms with Gasteiger partial charge in [0.1, 0.15) is 6.61 Å². The molecule has 0 aromatic carbocycles. The predicted molar refractivity (Wildman–Crippen MR) is 74.8 cm³/mol. The van der Waals surface area contributed by atoms with Crippen LogP contribution in [0.1, 0.15) is 32.6 Å². The van der Waals surface area contributed by atoms with E-state index in [0.29, 0.717) is 18.7 Å². The summed E-state index contributed by atoms with van der Waals surface area (Å²) in [7, 11) is 0. The van der Waals surface area contributed by atoms with E-state index in [9.17, 15) is 0 Å². The quantitative estimate of drug-likeness (QED) is 0.424. The number of thiophene rings is 1. The fourth-order valence-electron chi connectivity index (χ4n) is 1.77. The molecule has 0 unspecified atom stereocenters. The minimum absolute atomic E-state index is 0.542. The monoisotopic (exact) mass is 254 g/mol. The maximum absolute atomic E-state index is 5.27. The van der Waals surface area contributed by atoms with Gasteiger partial charge in [-0.3, -0.25) is 4.90 Å². The topological polar surface area (TPSA) is 24.8 Å². The molecule has 4 heteroatoms. The second-order valence-electron chi connectivity index (χ2n) is 4.51. The zero-order chi connectivity index (χ0) is 12.7. The van der Waals surface area contributed by atoms with Crippen molar-refractivity contribution in [2.45, 2.75) is 39.8 Å². The van der Waals surface area contributed by atoms with Crippen LogP contribution < -0.4 is 0 Å². The highest BCUT2D eigenvalue weighted by molar-refractivity contribution is 7.11. The Kier molecular flexibility index (Phi) is 6.22. The first-order valence-electron chi connectivity index (χ1n) is 6.06. The number of oxime groups is 1. The van der Waals surface area contributed by atoms with Crippen molar-refractivity contribution in [2.75, 3.05) is 13.2 Å². The zero-order valence-corrected chi connectivity index (χ0v) is 11.9. The Balaban J connectivity index is 2.23. The second kappa shape index (κ2) is 7.45. The van der Waals surface area contributed by atoms with Crippen molar-refractivity contribution in [1.82, 2.24) is 4.90 Å². The summed E-state index contributed by atoms with van der Waals surface area (Å²) < 4.78 is 0. The van der Waals surface area contributed by atoms with Gasteiger partial charge in [0.25, 0.3) is 0 Å². The third-order valence-electron chi connectivity index (χ3n) is 2.57. The van der Waals surface area contributed by atoms with Gasteiger partial charge in [0.15, 0.2) is 0 Å². The molecule has 1 rings (SSSR count). The molecular weight excluding hydrogens is 232 g/mol. The van der Waals surface area contributed by atoms with Gasteiger partial charge in [-0.2, -0.15) is 0 Å². The molecule has 3 nitrogen and oxygen atoms in total. The first kappa shape index (κ1) is 14.2. The molecule has 0 N–H and O–H groups in total. The summed E-state index contributed by atoms with van der Waals surface area (Å²) >= 11 is 1.66. The standard InChI is InChI=1S/C13H22N2OS/c1-11(2)15(12(3)4)7-8-16-14-10-13-6-5-9-17-13/h5-6,9-12H,7-8H2,1-4H3/b14-10+. The van der Waals surface area contributed by atoms with Crippen LogP contribution >= 0.6 is 11.3 Å². The highest BCUT2D eigenvalue weighted by Gasteiger charge is 2.12. The number of rotatable bonds is 7. The zero-order valence-electron chi connectivity index (χ0n) is 11.1. The Morgan fingerprint density at radius 1 is 1.35 bits per heavy atom. The predicted octanol–water partition coefficient (Wildman–Crippen LogP) is 3.22. The second-order valence-corrected chi connectivity index (χ2v) is 5.49. The van der Waals surface area contributed by atoms with Crippen LogP contribution in [0.4, 0.5) is 0 Å². The molecule has 96 valence electrons. The summed E-state index contributed by atoms with van der Waals surface area (Å²) in [6, 6.07) is 5.11. The van der Waals surface area contributed by atoms with Gasteiger partial charge in [-0.1, -0.05) is 11.2 Å². The summed E-state index contributed by atoms with van der Waals surface area (Å²) in [4.78, 5) is 8.78. The molecule has 0 saturated carbocycles. The Morgan fingerprint density at radius 2 is 2.06 bits per heavy atom. The van der Waals surface area contributed by atoms with Crippen LogP contribution in [0.5, 0.6) is 0 Å². The van der Waals surface area contributed by atoms with Crippen LogP contribution in [0.25, 0.3) is 0 Å². The molecule has 0 saturated heterocycles. The van der Waals surface area contributed by atoms with Crippen molar-refractivity contribution >= 4 is 17.6 Å². The minimum atomic E-state index is 0.542. The third-order valence-corrected chi connectivity index (χ3v) is 3.37. The van der Waals surface area contributed by atoms with E-state index in [2.05, 4.69) is 37.8 Å². The van der Waals surface area contributed by atoms with Crippen molar-refractivity contribution in [3.8, 4) is 0 Å². The summed E-state index contributed by atoms with van der Waals surface area (Å²) in [6.45, 7) is 10.4. The Labute approximate surface area is 108 Å². The number of nitrogens with zero attached hydrogens (tertiary/aromatic N) is 2. The van der Waals surface area contributed by atoms with Gasteiger partial charge in [0.05, 0.1) is 6.21 Å². The van der Waals surface area contributed by atoms with E-state index in [1.54, 1.807) is 17.6 Å². The average Bonchev–Trinajstić information content (AvgIpc) is 2.74. The van der Waals surface area contributed by atoms with E-state index in [1.807, 2.05) is 17.5 Å². The van der Waals surface area contributed by atoms with Crippen molar-refractivity contribution in [1.29, 1.82) is 0 Å². The normalized spacial score (nSPS) is 12.2. The van der Waals surface area contributed by atoms with Crippen LogP contribution in [0, 0.1) is 0 Å². The maximum atomic E-state index is 5.27. The molecule has 17 heavy (non-hydrogen) atoms. The van der Waals surface area contributed by atoms with Gasteiger partial charge >= 0.3 is 0 Å². The van der Waals surface area contributed by atoms with Crippen LogP contribution in [0.3, 0.4) is 0 Å². The molecule has 0 spiro atoms. The van der Waals surface area contributed by atoms with Gasteiger partial charge in [-0.05, 0) is 39.1 Å². The van der Waals surface area contributed by atoms with Gasteiger partial charge in [0.2, 0.25) is 0 Å². The fourth-order valence-corrected chi connectivity index (χ4v) is 2.34. The molecule has 0 bridgehead atoms. The van der Waals surface area contributed by atoms with E-state index in [0.717, 1.165) is 11.4 Å². The first-order chi connectivity index (χ1) is 8.11. The lowest BCUT2D eigenvalue weighted by Crippen LogP contribution is -2.39. The van der Waals surface area contributed by atoms with E-state index in [1.165, 1.54) is 0 Å². The Morgan fingerprint density at radius 3 is 2.59 bits per heavy atom. The molecule has 0 aliphatic heterocycles. The van der Waals surface area contributed by atoms with Crippen molar-refractivity contribution < 1.29 is 4.84 Å². The largest absolute Gasteiger partial charge is 0.394 e. The highest BCUT2D eigenvalue weighted by atomic mass is 32.1. The fraction of sp³-hybridized carbons (Fsp3) is 0.615. The average molecular weight is 254 g/mol. The molecule has 0 aliphatic rings. The Bertz CT molecular complexity index is 312. The lowest BCUT2D eigenvalue weighted by molar-refractivity contribution is 0.0837.